The zero-order chi connectivity index (χ0) is 8.36. The molecule has 3 nitrogen and oxygen atoms in total. The van der Waals surface area contributed by atoms with Gasteiger partial charge in [0.25, 0.3) is 0 Å². The summed E-state index contributed by atoms with van der Waals surface area (Å²) in [6.07, 6.45) is -0.193. The summed E-state index contributed by atoms with van der Waals surface area (Å²) in [6, 6.07) is 0. The lowest BCUT2D eigenvalue weighted by molar-refractivity contribution is 0.0986. The van der Waals surface area contributed by atoms with Gasteiger partial charge in [-0.3, -0.25) is 9.42 Å². The lowest BCUT2D eigenvalue weighted by Gasteiger charge is -2.24. The summed E-state index contributed by atoms with van der Waals surface area (Å²) >= 11 is 0. The summed E-state index contributed by atoms with van der Waals surface area (Å²) < 4.78 is 14.9. The second kappa shape index (κ2) is 3.42. The van der Waals surface area contributed by atoms with Crippen molar-refractivity contribution in [1.29, 1.82) is 0 Å². The van der Waals surface area contributed by atoms with E-state index in [0.29, 0.717) is 0 Å². The van der Waals surface area contributed by atoms with Gasteiger partial charge >= 0.3 is 8.25 Å². The zero-order valence-corrected chi connectivity index (χ0v) is 7.68. The zero-order valence-electron chi connectivity index (χ0n) is 6.79. The van der Waals surface area contributed by atoms with Crippen LogP contribution in [0.3, 0.4) is 0 Å². The van der Waals surface area contributed by atoms with Crippen LogP contribution in [0.2, 0.25) is 0 Å². The third kappa shape index (κ3) is 3.94. The van der Waals surface area contributed by atoms with Crippen molar-refractivity contribution in [3.8, 4) is 0 Å². The van der Waals surface area contributed by atoms with E-state index in [2.05, 4.69) is 4.52 Å². The van der Waals surface area contributed by atoms with Crippen LogP contribution >= 0.6 is 8.25 Å². The first-order valence-electron chi connectivity index (χ1n) is 3.17. The van der Waals surface area contributed by atoms with Gasteiger partial charge < -0.3 is 0 Å². The van der Waals surface area contributed by atoms with Crippen molar-refractivity contribution in [3.05, 3.63) is 0 Å². The van der Waals surface area contributed by atoms with Crippen molar-refractivity contribution in [1.82, 2.24) is 0 Å². The Morgan fingerprint density at radius 1 is 1.50 bits per heavy atom. The third-order valence-electron chi connectivity index (χ3n) is 1.47. The molecule has 1 N–H and O–H groups in total. The van der Waals surface area contributed by atoms with E-state index in [-0.39, 0.29) is 11.5 Å². The molecule has 2 unspecified atom stereocenters. The molecule has 0 aromatic heterocycles. The molecule has 0 aromatic carbocycles. The molecule has 4 heteroatoms. The van der Waals surface area contributed by atoms with Crippen LogP contribution in [0.25, 0.3) is 0 Å². The van der Waals surface area contributed by atoms with Crippen molar-refractivity contribution in [3.63, 3.8) is 0 Å². The van der Waals surface area contributed by atoms with Crippen molar-refractivity contribution in [2.45, 2.75) is 33.8 Å². The monoisotopic (exact) mass is 165 g/mol. The average Bonchev–Trinajstić information content (AvgIpc) is 1.60. The maximum atomic E-state index is 10.2. The van der Waals surface area contributed by atoms with Crippen LogP contribution < -0.4 is 0 Å². The Balaban J connectivity index is 3.85. The number of hydrogen-bond donors (Lipinski definition) is 1. The third-order valence-corrected chi connectivity index (χ3v) is 1.96. The SMILES string of the molecule is CC(O[P](=O)O)C(C)(C)C. The highest BCUT2D eigenvalue weighted by Gasteiger charge is 2.22. The van der Waals surface area contributed by atoms with E-state index < -0.39 is 8.25 Å². The van der Waals surface area contributed by atoms with Gasteiger partial charge in [-0.05, 0) is 12.3 Å². The molecule has 2 atom stereocenters. The first-order chi connectivity index (χ1) is 4.34. The summed E-state index contributed by atoms with van der Waals surface area (Å²) in [6.45, 7) is 7.65. The van der Waals surface area contributed by atoms with Gasteiger partial charge in [0.2, 0.25) is 0 Å². The molecule has 0 saturated carbocycles. The van der Waals surface area contributed by atoms with E-state index >= 15 is 0 Å². The van der Waals surface area contributed by atoms with E-state index in [4.69, 9.17) is 4.89 Å². The van der Waals surface area contributed by atoms with Crippen LogP contribution in [0.1, 0.15) is 27.7 Å². The molecule has 10 heavy (non-hydrogen) atoms. The Labute approximate surface area is 62.3 Å². The molecule has 0 heterocycles. The van der Waals surface area contributed by atoms with Crippen LogP contribution in [-0.4, -0.2) is 11.0 Å². The minimum absolute atomic E-state index is 0.0757. The smallest absolute Gasteiger partial charge is 0.298 e. The number of hydrogen-bond acceptors (Lipinski definition) is 2. The first-order valence-corrected chi connectivity index (χ1v) is 4.30. The van der Waals surface area contributed by atoms with Gasteiger partial charge in [-0.15, -0.1) is 0 Å². The predicted octanol–water partition coefficient (Wildman–Crippen LogP) is 2.09. The van der Waals surface area contributed by atoms with E-state index in [0.717, 1.165) is 0 Å². The topological polar surface area (TPSA) is 46.5 Å². The maximum Gasteiger partial charge on any atom is 0.366 e. The second-order valence-corrected chi connectivity index (χ2v) is 4.04. The Morgan fingerprint density at radius 2 is 1.90 bits per heavy atom. The maximum absolute atomic E-state index is 10.2. The molecular weight excluding hydrogens is 151 g/mol. The fourth-order valence-electron chi connectivity index (χ4n) is 0.293. The molecule has 1 radical (unpaired) electrons. The van der Waals surface area contributed by atoms with E-state index in [1.54, 1.807) is 6.92 Å². The number of rotatable bonds is 2. The summed E-state index contributed by atoms with van der Waals surface area (Å²) in [5.41, 5.74) is -0.0757. The van der Waals surface area contributed by atoms with E-state index in [9.17, 15) is 4.57 Å². The summed E-state index contributed by atoms with van der Waals surface area (Å²) in [7, 11) is -2.45. The minimum atomic E-state index is -2.45. The van der Waals surface area contributed by atoms with Crippen LogP contribution in [0.5, 0.6) is 0 Å². The highest BCUT2D eigenvalue weighted by Crippen LogP contribution is 2.29. The van der Waals surface area contributed by atoms with Gasteiger partial charge in [-0.2, -0.15) is 0 Å². The fraction of sp³-hybridized carbons (Fsp3) is 1.00. The Kier molecular flexibility index (Phi) is 3.43. The predicted molar refractivity (Wildman–Crippen MR) is 39.8 cm³/mol. The molecule has 0 bridgehead atoms. The highest BCUT2D eigenvalue weighted by atomic mass is 31.1. The summed E-state index contributed by atoms with van der Waals surface area (Å²) in [5, 5.41) is 0. The molecule has 0 spiro atoms. The van der Waals surface area contributed by atoms with Crippen molar-refractivity contribution in [2.24, 2.45) is 5.41 Å². The average molecular weight is 165 g/mol. The molecule has 0 fully saturated rings. The van der Waals surface area contributed by atoms with Crippen LogP contribution in [0.4, 0.5) is 0 Å². The van der Waals surface area contributed by atoms with Gasteiger partial charge in [0, 0.05) is 0 Å². The largest absolute Gasteiger partial charge is 0.366 e. The Hall–Kier alpha value is 0.0200. The summed E-state index contributed by atoms with van der Waals surface area (Å²) in [5.74, 6) is 0. The minimum Gasteiger partial charge on any atom is -0.298 e. The molecule has 0 aliphatic carbocycles. The normalized spacial score (nSPS) is 16.7. The molecular formula is C6H14O3P. The molecule has 0 aliphatic heterocycles. The van der Waals surface area contributed by atoms with Crippen LogP contribution in [-0.2, 0) is 9.09 Å². The van der Waals surface area contributed by atoms with Gasteiger partial charge in [0.05, 0.1) is 6.10 Å². The second-order valence-electron chi connectivity index (χ2n) is 3.35. The lowest BCUT2D eigenvalue weighted by atomic mass is 9.91. The lowest BCUT2D eigenvalue weighted by Crippen LogP contribution is -2.23. The van der Waals surface area contributed by atoms with Crippen molar-refractivity contribution in [2.75, 3.05) is 0 Å². The quantitative estimate of drug-likeness (QED) is 0.637. The molecule has 61 valence electrons. The first kappa shape index (κ1) is 10.0. The molecule has 0 aromatic rings. The van der Waals surface area contributed by atoms with Crippen molar-refractivity contribution >= 4 is 8.25 Å². The standard InChI is InChI=1S/C6H14O3P/c1-5(6(2,3)4)9-10(7)8/h5H,1-4H3,(H,7,8). The van der Waals surface area contributed by atoms with Gasteiger partial charge in [0.1, 0.15) is 0 Å². The van der Waals surface area contributed by atoms with Gasteiger partial charge in [-0.1, -0.05) is 20.8 Å². The van der Waals surface area contributed by atoms with Crippen LogP contribution in [0, 0.1) is 5.41 Å². The molecule has 0 amide bonds. The Morgan fingerprint density at radius 3 is 2.00 bits per heavy atom. The molecule has 0 rings (SSSR count). The van der Waals surface area contributed by atoms with Crippen LogP contribution in [0.15, 0.2) is 0 Å². The van der Waals surface area contributed by atoms with Crippen molar-refractivity contribution < 1.29 is 14.0 Å². The fourth-order valence-corrected chi connectivity index (χ4v) is 0.880. The molecule has 0 aliphatic rings. The van der Waals surface area contributed by atoms with Gasteiger partial charge in [0.15, 0.2) is 0 Å². The highest BCUT2D eigenvalue weighted by molar-refractivity contribution is 7.32. The summed E-state index contributed by atoms with van der Waals surface area (Å²) in [4.78, 5) is 8.37. The van der Waals surface area contributed by atoms with E-state index in [1.165, 1.54) is 0 Å². The Bertz CT molecular complexity index is 127. The van der Waals surface area contributed by atoms with Gasteiger partial charge in [-0.25, -0.2) is 4.57 Å². The van der Waals surface area contributed by atoms with E-state index in [1.807, 2.05) is 20.8 Å². The molecule has 0 saturated heterocycles.